The van der Waals surface area contributed by atoms with Crippen molar-refractivity contribution in [3.63, 3.8) is 0 Å². The third-order valence-electron chi connectivity index (χ3n) is 4.91. The molecule has 3 aromatic rings. The van der Waals surface area contributed by atoms with Gasteiger partial charge in [0.15, 0.2) is 5.96 Å². The van der Waals surface area contributed by atoms with Crippen LogP contribution in [0.2, 0.25) is 0 Å². The van der Waals surface area contributed by atoms with Gasteiger partial charge >= 0.3 is 0 Å². The number of H-pyrrole nitrogens is 1. The zero-order chi connectivity index (χ0) is 21.9. The van der Waals surface area contributed by atoms with Gasteiger partial charge in [0.1, 0.15) is 0 Å². The van der Waals surface area contributed by atoms with Crippen molar-refractivity contribution in [2.75, 3.05) is 18.8 Å². The predicted octanol–water partition coefficient (Wildman–Crippen LogP) is 4.25. The average Bonchev–Trinajstić information content (AvgIpc) is 3.30. The minimum Gasteiger partial charge on any atom is -0.348 e. The Morgan fingerprint density at radius 3 is 2.61 bits per heavy atom. The monoisotopic (exact) mass is 435 g/mol. The summed E-state index contributed by atoms with van der Waals surface area (Å²) in [5, 5.41) is 11.2. The van der Waals surface area contributed by atoms with Gasteiger partial charge in [-0.25, -0.2) is 4.98 Å². The zero-order valence-corrected chi connectivity index (χ0v) is 18.6. The second-order valence-corrected chi connectivity index (χ2v) is 8.48. The smallest absolute Gasteiger partial charge is 0.257 e. The van der Waals surface area contributed by atoms with Crippen molar-refractivity contribution < 1.29 is 4.79 Å². The molecule has 2 aromatic carbocycles. The van der Waals surface area contributed by atoms with E-state index in [1.165, 1.54) is 11.1 Å². The number of thioether (sulfide) groups is 1. The van der Waals surface area contributed by atoms with Gasteiger partial charge in [0.05, 0.1) is 6.33 Å². The van der Waals surface area contributed by atoms with E-state index in [0.29, 0.717) is 18.7 Å². The van der Waals surface area contributed by atoms with E-state index in [1.807, 2.05) is 41.1 Å². The summed E-state index contributed by atoms with van der Waals surface area (Å²) in [4.78, 5) is 21.6. The first kappa shape index (κ1) is 22.6. The second kappa shape index (κ2) is 12.0. The van der Waals surface area contributed by atoms with Crippen LogP contribution >= 0.6 is 11.8 Å². The third-order valence-corrected chi connectivity index (χ3v) is 5.92. The molecule has 0 aliphatic rings. The van der Waals surface area contributed by atoms with Crippen LogP contribution in [0.5, 0.6) is 0 Å². The lowest BCUT2D eigenvalue weighted by Gasteiger charge is -2.25. The molecule has 0 fully saturated rings. The predicted molar refractivity (Wildman–Crippen MR) is 127 cm³/mol. The lowest BCUT2D eigenvalue weighted by molar-refractivity contribution is 0.0972. The Morgan fingerprint density at radius 1 is 1.13 bits per heavy atom. The van der Waals surface area contributed by atoms with Gasteiger partial charge in [-0.15, -0.1) is 0 Å². The number of aromatic nitrogens is 2. The maximum Gasteiger partial charge on any atom is 0.257 e. The minimum atomic E-state index is -0.253. The molecule has 0 spiro atoms. The molecular formula is C24H29N5OS. The van der Waals surface area contributed by atoms with Crippen molar-refractivity contribution in [1.82, 2.24) is 20.2 Å². The first-order valence-corrected chi connectivity index (χ1v) is 11.6. The highest BCUT2D eigenvalue weighted by Crippen LogP contribution is 2.13. The number of rotatable bonds is 10. The van der Waals surface area contributed by atoms with E-state index in [4.69, 9.17) is 5.41 Å². The Bertz CT molecular complexity index is 942. The van der Waals surface area contributed by atoms with Gasteiger partial charge in [0.25, 0.3) is 5.91 Å². The van der Waals surface area contributed by atoms with Crippen molar-refractivity contribution in [2.45, 2.75) is 25.5 Å². The summed E-state index contributed by atoms with van der Waals surface area (Å²) < 4.78 is 0. The van der Waals surface area contributed by atoms with E-state index in [2.05, 4.69) is 46.5 Å². The van der Waals surface area contributed by atoms with Gasteiger partial charge < -0.3 is 9.88 Å². The molecule has 0 atom stereocenters. The quantitative estimate of drug-likeness (QED) is 0.252. The van der Waals surface area contributed by atoms with Crippen molar-refractivity contribution in [2.24, 2.45) is 0 Å². The number of imidazole rings is 1. The molecule has 0 radical (unpaired) electrons. The van der Waals surface area contributed by atoms with Gasteiger partial charge in [0, 0.05) is 42.0 Å². The molecule has 1 aromatic heterocycles. The van der Waals surface area contributed by atoms with Crippen LogP contribution in [-0.4, -0.2) is 45.6 Å². The molecule has 0 saturated heterocycles. The highest BCUT2D eigenvalue weighted by molar-refractivity contribution is 7.98. The Morgan fingerprint density at radius 2 is 1.90 bits per heavy atom. The molecule has 0 aliphatic carbocycles. The Kier molecular flexibility index (Phi) is 8.72. The highest BCUT2D eigenvalue weighted by atomic mass is 32.2. The lowest BCUT2D eigenvalue weighted by Crippen LogP contribution is -2.45. The SMILES string of the molecule is Cc1ccc(CSCCN(CCCc2cnc[nH]2)C(=N)NC(=O)c2ccccc2)cc1. The number of hydrogen-bond acceptors (Lipinski definition) is 4. The van der Waals surface area contributed by atoms with Crippen LogP contribution in [0.25, 0.3) is 0 Å². The van der Waals surface area contributed by atoms with Gasteiger partial charge in [-0.05, 0) is 37.5 Å². The summed E-state index contributed by atoms with van der Waals surface area (Å²) in [7, 11) is 0. The molecule has 3 rings (SSSR count). The largest absolute Gasteiger partial charge is 0.348 e. The Hall–Kier alpha value is -3.06. The number of nitrogens with one attached hydrogen (secondary N) is 3. The van der Waals surface area contributed by atoms with Crippen LogP contribution in [-0.2, 0) is 12.2 Å². The first-order chi connectivity index (χ1) is 15.1. The Labute approximate surface area is 188 Å². The van der Waals surface area contributed by atoms with Gasteiger partial charge in [-0.3, -0.25) is 15.5 Å². The molecule has 6 nitrogen and oxygen atoms in total. The molecule has 0 bridgehead atoms. The fraction of sp³-hybridized carbons (Fsp3) is 0.292. The molecule has 162 valence electrons. The van der Waals surface area contributed by atoms with E-state index >= 15 is 0 Å². The van der Waals surface area contributed by atoms with E-state index in [0.717, 1.165) is 30.0 Å². The molecule has 0 aliphatic heterocycles. The number of benzene rings is 2. The van der Waals surface area contributed by atoms with E-state index < -0.39 is 0 Å². The normalized spacial score (nSPS) is 10.6. The number of aryl methyl sites for hydroxylation is 2. The van der Waals surface area contributed by atoms with E-state index in [-0.39, 0.29) is 11.9 Å². The van der Waals surface area contributed by atoms with Crippen molar-refractivity contribution in [3.05, 3.63) is 89.5 Å². The lowest BCUT2D eigenvalue weighted by atomic mass is 10.2. The van der Waals surface area contributed by atoms with Crippen LogP contribution in [0.4, 0.5) is 0 Å². The number of carbonyl (C=O) groups is 1. The van der Waals surface area contributed by atoms with Gasteiger partial charge in [-0.1, -0.05) is 48.0 Å². The molecule has 31 heavy (non-hydrogen) atoms. The van der Waals surface area contributed by atoms with E-state index in [9.17, 15) is 4.79 Å². The van der Waals surface area contributed by atoms with Crippen molar-refractivity contribution in [1.29, 1.82) is 5.41 Å². The molecule has 7 heteroatoms. The van der Waals surface area contributed by atoms with Crippen LogP contribution in [0.15, 0.2) is 67.1 Å². The number of nitrogens with zero attached hydrogens (tertiary/aromatic N) is 2. The summed E-state index contributed by atoms with van der Waals surface area (Å²) in [5.74, 6) is 1.71. The van der Waals surface area contributed by atoms with Crippen LogP contribution in [0.1, 0.15) is 33.6 Å². The number of carbonyl (C=O) groups excluding carboxylic acids is 1. The zero-order valence-electron chi connectivity index (χ0n) is 17.8. The molecule has 1 amide bonds. The maximum atomic E-state index is 12.5. The average molecular weight is 436 g/mol. The molecule has 3 N–H and O–H groups in total. The Balaban J connectivity index is 1.51. The number of amides is 1. The summed E-state index contributed by atoms with van der Waals surface area (Å²) in [6, 6.07) is 17.6. The number of aromatic amines is 1. The third kappa shape index (κ3) is 7.61. The summed E-state index contributed by atoms with van der Waals surface area (Å²) in [6.07, 6.45) is 5.22. The topological polar surface area (TPSA) is 84.9 Å². The minimum absolute atomic E-state index is 0.148. The summed E-state index contributed by atoms with van der Waals surface area (Å²) >= 11 is 1.84. The number of guanidine groups is 1. The van der Waals surface area contributed by atoms with Crippen LogP contribution in [0.3, 0.4) is 0 Å². The van der Waals surface area contributed by atoms with Crippen molar-refractivity contribution >= 4 is 23.6 Å². The molecule has 0 saturated carbocycles. The standard InChI is InChI=1S/C24H29N5OS/c1-19-9-11-20(12-10-19)17-31-15-14-29(13-5-8-22-16-26-18-27-22)24(25)28-23(30)21-6-3-2-4-7-21/h2-4,6-7,9-12,16,18H,5,8,13-15,17H2,1H3,(H,26,27)(H2,25,28,30). The molecular weight excluding hydrogens is 406 g/mol. The summed E-state index contributed by atoms with van der Waals surface area (Å²) in [5.41, 5.74) is 4.20. The fourth-order valence-corrected chi connectivity index (χ4v) is 4.04. The molecule has 0 unspecified atom stereocenters. The maximum absolute atomic E-state index is 12.5. The summed E-state index contributed by atoms with van der Waals surface area (Å²) in [6.45, 7) is 3.48. The number of hydrogen-bond donors (Lipinski definition) is 3. The fourth-order valence-electron chi connectivity index (χ4n) is 3.11. The van der Waals surface area contributed by atoms with Gasteiger partial charge in [-0.2, -0.15) is 11.8 Å². The van der Waals surface area contributed by atoms with Crippen LogP contribution in [0, 0.1) is 12.3 Å². The van der Waals surface area contributed by atoms with Gasteiger partial charge in [0.2, 0.25) is 0 Å². The molecule has 1 heterocycles. The van der Waals surface area contributed by atoms with E-state index in [1.54, 1.807) is 18.5 Å². The first-order valence-electron chi connectivity index (χ1n) is 10.4. The van der Waals surface area contributed by atoms with Crippen LogP contribution < -0.4 is 5.32 Å². The van der Waals surface area contributed by atoms with Crippen molar-refractivity contribution in [3.8, 4) is 0 Å². The highest BCUT2D eigenvalue weighted by Gasteiger charge is 2.14. The second-order valence-electron chi connectivity index (χ2n) is 7.37.